The van der Waals surface area contributed by atoms with E-state index in [-0.39, 0.29) is 0 Å². The Morgan fingerprint density at radius 3 is 1.80 bits per heavy atom. The molecule has 0 aromatic carbocycles. The van der Waals surface area contributed by atoms with Crippen molar-refractivity contribution in [3.8, 4) is 0 Å². The highest BCUT2D eigenvalue weighted by molar-refractivity contribution is 5.03. The van der Waals surface area contributed by atoms with E-state index in [2.05, 4.69) is 17.6 Å². The first-order valence-electron chi connectivity index (χ1n) is 3.73. The van der Waals surface area contributed by atoms with Gasteiger partial charge in [-0.15, -0.1) is 0 Å². The van der Waals surface area contributed by atoms with E-state index >= 15 is 0 Å². The highest BCUT2D eigenvalue weighted by Gasteiger charge is 1.91. The molecule has 1 aliphatic heterocycles. The second-order valence-corrected chi connectivity index (χ2v) is 1.77. The van der Waals surface area contributed by atoms with Crippen LogP contribution in [-0.2, 0) is 0 Å². The van der Waals surface area contributed by atoms with E-state index in [0.717, 1.165) is 0 Å². The Labute approximate surface area is 63.0 Å². The summed E-state index contributed by atoms with van der Waals surface area (Å²) in [4.78, 5) is 0. The van der Waals surface area contributed by atoms with Crippen LogP contribution in [0.5, 0.6) is 0 Å². The molecule has 1 rings (SSSR count). The van der Waals surface area contributed by atoms with Gasteiger partial charge in [0.2, 0.25) is 0 Å². The lowest BCUT2D eigenvalue weighted by molar-refractivity contribution is 0.586. The molecular formula is C8H16N2. The Kier molecular flexibility index (Phi) is 5.63. The first-order chi connectivity index (χ1) is 4.89. The van der Waals surface area contributed by atoms with Crippen LogP contribution in [0.15, 0.2) is 24.6 Å². The monoisotopic (exact) mass is 140 g/mol. The summed E-state index contributed by atoms with van der Waals surface area (Å²) in [5.41, 5.74) is 0. The standard InChI is InChI=1S/C6H10N2.C2H6/c1-6-7-4-2-3-5-8-6;1-2/h2-8H,1H3;1-2H3. The minimum Gasteiger partial charge on any atom is -0.372 e. The van der Waals surface area contributed by atoms with Crippen LogP contribution in [0, 0.1) is 0 Å². The molecular weight excluding hydrogens is 124 g/mol. The van der Waals surface area contributed by atoms with Crippen molar-refractivity contribution in [3.63, 3.8) is 0 Å². The Hall–Kier alpha value is -0.920. The van der Waals surface area contributed by atoms with Gasteiger partial charge in [-0.1, -0.05) is 13.8 Å². The molecule has 1 aliphatic rings. The molecule has 0 spiro atoms. The number of rotatable bonds is 0. The molecule has 0 atom stereocenters. The molecule has 10 heavy (non-hydrogen) atoms. The lowest BCUT2D eigenvalue weighted by atomic mass is 10.6. The van der Waals surface area contributed by atoms with E-state index in [1.54, 1.807) is 0 Å². The molecule has 2 nitrogen and oxygen atoms in total. The minimum absolute atomic E-state index is 0.352. The maximum atomic E-state index is 3.09. The van der Waals surface area contributed by atoms with Gasteiger partial charge in [0.25, 0.3) is 0 Å². The smallest absolute Gasteiger partial charge is 0.0925 e. The highest BCUT2D eigenvalue weighted by atomic mass is 15.1. The second-order valence-electron chi connectivity index (χ2n) is 1.77. The quantitative estimate of drug-likeness (QED) is 0.534. The summed E-state index contributed by atoms with van der Waals surface area (Å²) in [6.45, 7) is 6.06. The highest BCUT2D eigenvalue weighted by Crippen LogP contribution is 1.82. The van der Waals surface area contributed by atoms with Gasteiger partial charge in [0.1, 0.15) is 0 Å². The third-order valence-corrected chi connectivity index (χ3v) is 0.996. The van der Waals surface area contributed by atoms with E-state index in [4.69, 9.17) is 0 Å². The summed E-state index contributed by atoms with van der Waals surface area (Å²) in [6, 6.07) is 0. The van der Waals surface area contributed by atoms with Crippen LogP contribution in [-0.4, -0.2) is 6.17 Å². The molecule has 0 aromatic heterocycles. The van der Waals surface area contributed by atoms with E-state index in [1.807, 2.05) is 38.4 Å². The molecule has 2 N–H and O–H groups in total. The van der Waals surface area contributed by atoms with Gasteiger partial charge < -0.3 is 10.6 Å². The van der Waals surface area contributed by atoms with Gasteiger partial charge in [-0.2, -0.15) is 0 Å². The molecule has 0 amide bonds. The van der Waals surface area contributed by atoms with Crippen LogP contribution in [0.25, 0.3) is 0 Å². The third kappa shape index (κ3) is 4.01. The first kappa shape index (κ1) is 9.08. The van der Waals surface area contributed by atoms with Gasteiger partial charge in [-0.3, -0.25) is 0 Å². The zero-order valence-electron chi connectivity index (χ0n) is 6.89. The van der Waals surface area contributed by atoms with Crippen LogP contribution < -0.4 is 10.6 Å². The number of nitrogens with one attached hydrogen (secondary N) is 2. The van der Waals surface area contributed by atoms with Crippen molar-refractivity contribution in [2.75, 3.05) is 0 Å². The summed E-state index contributed by atoms with van der Waals surface area (Å²) < 4.78 is 0. The van der Waals surface area contributed by atoms with Crippen molar-refractivity contribution < 1.29 is 0 Å². The predicted octanol–water partition coefficient (Wildman–Crippen LogP) is 1.58. The molecule has 1 heterocycles. The zero-order valence-corrected chi connectivity index (χ0v) is 6.89. The Morgan fingerprint density at radius 2 is 1.40 bits per heavy atom. The van der Waals surface area contributed by atoms with Gasteiger partial charge in [0.05, 0.1) is 6.17 Å². The lowest BCUT2D eigenvalue weighted by Crippen LogP contribution is -2.31. The number of hydrogen-bond donors (Lipinski definition) is 2. The van der Waals surface area contributed by atoms with Crippen molar-refractivity contribution in [3.05, 3.63) is 24.6 Å². The van der Waals surface area contributed by atoms with Crippen LogP contribution >= 0.6 is 0 Å². The molecule has 0 aromatic rings. The maximum absolute atomic E-state index is 3.09. The topological polar surface area (TPSA) is 24.1 Å². The van der Waals surface area contributed by atoms with Gasteiger partial charge in [0.15, 0.2) is 0 Å². The molecule has 0 saturated heterocycles. The zero-order chi connectivity index (χ0) is 7.82. The maximum Gasteiger partial charge on any atom is 0.0925 e. The van der Waals surface area contributed by atoms with Crippen molar-refractivity contribution >= 4 is 0 Å². The summed E-state index contributed by atoms with van der Waals surface area (Å²) in [5, 5.41) is 6.18. The number of hydrogen-bond acceptors (Lipinski definition) is 2. The fraction of sp³-hybridized carbons (Fsp3) is 0.500. The summed E-state index contributed by atoms with van der Waals surface area (Å²) >= 11 is 0. The molecule has 0 bridgehead atoms. The summed E-state index contributed by atoms with van der Waals surface area (Å²) in [5.74, 6) is 0. The van der Waals surface area contributed by atoms with E-state index in [1.165, 1.54) is 0 Å². The van der Waals surface area contributed by atoms with Crippen LogP contribution in [0.4, 0.5) is 0 Å². The van der Waals surface area contributed by atoms with Crippen LogP contribution in [0.2, 0.25) is 0 Å². The Bertz CT molecular complexity index is 102. The normalized spacial score (nSPS) is 15.9. The Balaban J connectivity index is 0.000000371. The van der Waals surface area contributed by atoms with E-state index in [0.29, 0.717) is 6.17 Å². The average molecular weight is 140 g/mol. The molecule has 0 unspecified atom stereocenters. The first-order valence-corrected chi connectivity index (χ1v) is 3.73. The van der Waals surface area contributed by atoms with Crippen molar-refractivity contribution in [1.82, 2.24) is 10.6 Å². The van der Waals surface area contributed by atoms with Gasteiger partial charge in [-0.25, -0.2) is 0 Å². The largest absolute Gasteiger partial charge is 0.372 e. The molecule has 0 aliphatic carbocycles. The molecule has 0 fully saturated rings. The SMILES string of the molecule is CC.CC1NC=CC=CN1. The van der Waals surface area contributed by atoms with Gasteiger partial charge in [0, 0.05) is 0 Å². The fourth-order valence-electron chi connectivity index (χ4n) is 0.559. The van der Waals surface area contributed by atoms with Crippen molar-refractivity contribution in [1.29, 1.82) is 0 Å². The second kappa shape index (κ2) is 6.20. The summed E-state index contributed by atoms with van der Waals surface area (Å²) in [6.07, 6.45) is 8.10. The van der Waals surface area contributed by atoms with Crippen molar-refractivity contribution in [2.24, 2.45) is 0 Å². The number of allylic oxidation sites excluding steroid dienone is 2. The third-order valence-electron chi connectivity index (χ3n) is 0.996. The van der Waals surface area contributed by atoms with E-state index < -0.39 is 0 Å². The lowest BCUT2D eigenvalue weighted by Gasteiger charge is -2.08. The van der Waals surface area contributed by atoms with Crippen molar-refractivity contribution in [2.45, 2.75) is 26.9 Å². The molecule has 0 radical (unpaired) electrons. The minimum atomic E-state index is 0.352. The Morgan fingerprint density at radius 1 is 1.00 bits per heavy atom. The average Bonchev–Trinajstić information content (AvgIpc) is 2.21. The predicted molar refractivity (Wildman–Crippen MR) is 45.4 cm³/mol. The molecule has 58 valence electrons. The van der Waals surface area contributed by atoms with Gasteiger partial charge in [-0.05, 0) is 31.5 Å². The molecule has 2 heteroatoms. The van der Waals surface area contributed by atoms with E-state index in [9.17, 15) is 0 Å². The van der Waals surface area contributed by atoms with Crippen LogP contribution in [0.1, 0.15) is 20.8 Å². The molecule has 0 saturated carbocycles. The van der Waals surface area contributed by atoms with Gasteiger partial charge >= 0.3 is 0 Å². The summed E-state index contributed by atoms with van der Waals surface area (Å²) in [7, 11) is 0. The van der Waals surface area contributed by atoms with Crippen LogP contribution in [0.3, 0.4) is 0 Å². The fourth-order valence-corrected chi connectivity index (χ4v) is 0.559.